The van der Waals surface area contributed by atoms with Crippen molar-refractivity contribution < 1.29 is 0 Å². The molecule has 0 aliphatic carbocycles. The highest BCUT2D eigenvalue weighted by Gasteiger charge is 2.00. The minimum Gasteiger partial charge on any atom is -0.370 e. The summed E-state index contributed by atoms with van der Waals surface area (Å²) in [6.07, 6.45) is 3.55. The predicted octanol–water partition coefficient (Wildman–Crippen LogP) is 2.68. The number of hydrogen-bond donors (Lipinski definition) is 1. The molecule has 0 fully saturated rings. The zero-order chi connectivity index (χ0) is 10.4. The van der Waals surface area contributed by atoms with Gasteiger partial charge >= 0.3 is 0 Å². The predicted molar refractivity (Wildman–Crippen MR) is 59.7 cm³/mol. The lowest BCUT2D eigenvalue weighted by Crippen LogP contribution is -2.04. The molecular formula is C10H14ClN3. The smallest absolute Gasteiger partial charge is 0.134 e. The molecule has 0 radical (unpaired) electrons. The van der Waals surface area contributed by atoms with E-state index >= 15 is 0 Å². The van der Waals surface area contributed by atoms with Crippen molar-refractivity contribution >= 4 is 17.4 Å². The van der Waals surface area contributed by atoms with Crippen molar-refractivity contribution in [3.05, 3.63) is 29.7 Å². The summed E-state index contributed by atoms with van der Waals surface area (Å²) in [6, 6.07) is 1.73. The molecule has 0 spiro atoms. The van der Waals surface area contributed by atoms with E-state index in [9.17, 15) is 0 Å². The van der Waals surface area contributed by atoms with E-state index in [1.807, 2.05) is 13.0 Å². The van der Waals surface area contributed by atoms with Gasteiger partial charge in [0.1, 0.15) is 16.8 Å². The Morgan fingerprint density at radius 1 is 1.57 bits per heavy atom. The van der Waals surface area contributed by atoms with Crippen LogP contribution in [0.25, 0.3) is 0 Å². The summed E-state index contributed by atoms with van der Waals surface area (Å²) in [7, 11) is 0. The van der Waals surface area contributed by atoms with Crippen LogP contribution in [0.4, 0.5) is 5.82 Å². The molecule has 1 aromatic rings. The average molecular weight is 212 g/mol. The highest BCUT2D eigenvalue weighted by molar-refractivity contribution is 6.29. The maximum absolute atomic E-state index is 5.83. The molecular weight excluding hydrogens is 198 g/mol. The molecule has 1 rings (SSSR count). The summed E-state index contributed by atoms with van der Waals surface area (Å²) in [5, 5.41) is 3.64. The van der Waals surface area contributed by atoms with Crippen molar-refractivity contribution in [2.24, 2.45) is 0 Å². The maximum Gasteiger partial charge on any atom is 0.134 e. The molecule has 0 unspecified atom stereocenters. The summed E-state index contributed by atoms with van der Waals surface area (Å²) < 4.78 is 0. The van der Waals surface area contributed by atoms with E-state index in [4.69, 9.17) is 11.6 Å². The standard InChI is InChI=1S/C10H14ClN3/c1-3-5-6-12-10-7-8(11)13-9(4-2)14-10/h3,7H,1,4-6H2,2H3,(H,12,13,14). The summed E-state index contributed by atoms with van der Waals surface area (Å²) >= 11 is 5.83. The van der Waals surface area contributed by atoms with Crippen molar-refractivity contribution in [3.8, 4) is 0 Å². The van der Waals surface area contributed by atoms with Crippen LogP contribution in [0.5, 0.6) is 0 Å². The summed E-state index contributed by atoms with van der Waals surface area (Å²) in [5.41, 5.74) is 0. The normalized spacial score (nSPS) is 9.86. The van der Waals surface area contributed by atoms with E-state index in [1.165, 1.54) is 0 Å². The molecule has 4 heteroatoms. The Bertz CT molecular complexity index is 312. The number of nitrogens with one attached hydrogen (secondary N) is 1. The van der Waals surface area contributed by atoms with Gasteiger partial charge in [-0.3, -0.25) is 0 Å². The Labute approximate surface area is 89.2 Å². The number of anilines is 1. The molecule has 1 heterocycles. The molecule has 0 aliphatic rings. The summed E-state index contributed by atoms with van der Waals surface area (Å²) in [6.45, 7) is 6.46. The summed E-state index contributed by atoms with van der Waals surface area (Å²) in [4.78, 5) is 8.36. The quantitative estimate of drug-likeness (QED) is 0.462. The van der Waals surface area contributed by atoms with Crippen molar-refractivity contribution in [1.29, 1.82) is 0 Å². The highest BCUT2D eigenvalue weighted by Crippen LogP contribution is 2.11. The van der Waals surface area contributed by atoms with Gasteiger partial charge in [-0.2, -0.15) is 0 Å². The van der Waals surface area contributed by atoms with E-state index in [0.29, 0.717) is 5.15 Å². The number of rotatable bonds is 5. The van der Waals surface area contributed by atoms with Crippen LogP contribution in [0, 0.1) is 0 Å². The van der Waals surface area contributed by atoms with Crippen LogP contribution in [0.1, 0.15) is 19.2 Å². The van der Waals surface area contributed by atoms with Gasteiger partial charge in [0.05, 0.1) is 0 Å². The molecule has 0 saturated carbocycles. The van der Waals surface area contributed by atoms with E-state index in [0.717, 1.165) is 31.0 Å². The van der Waals surface area contributed by atoms with Gasteiger partial charge in [0.25, 0.3) is 0 Å². The van der Waals surface area contributed by atoms with Crippen molar-refractivity contribution in [3.63, 3.8) is 0 Å². The lowest BCUT2D eigenvalue weighted by atomic mass is 10.4. The Balaban J connectivity index is 2.66. The molecule has 1 aromatic heterocycles. The number of nitrogens with zero attached hydrogens (tertiary/aromatic N) is 2. The van der Waals surface area contributed by atoms with E-state index < -0.39 is 0 Å². The van der Waals surface area contributed by atoms with Crippen LogP contribution < -0.4 is 5.32 Å². The minimum absolute atomic E-state index is 0.484. The van der Waals surface area contributed by atoms with Gasteiger partial charge in [0.2, 0.25) is 0 Å². The van der Waals surface area contributed by atoms with Crippen molar-refractivity contribution in [2.75, 3.05) is 11.9 Å². The zero-order valence-electron chi connectivity index (χ0n) is 8.26. The van der Waals surface area contributed by atoms with Gasteiger partial charge in [-0.1, -0.05) is 24.6 Å². The largest absolute Gasteiger partial charge is 0.370 e. The van der Waals surface area contributed by atoms with Crippen LogP contribution in [-0.2, 0) is 6.42 Å². The fourth-order valence-electron chi connectivity index (χ4n) is 1.02. The maximum atomic E-state index is 5.83. The molecule has 0 atom stereocenters. The van der Waals surface area contributed by atoms with Crippen LogP contribution in [0.15, 0.2) is 18.7 Å². The third-order valence-corrected chi connectivity index (χ3v) is 1.91. The van der Waals surface area contributed by atoms with E-state index in [-0.39, 0.29) is 0 Å². The molecule has 0 aromatic carbocycles. The molecule has 3 nitrogen and oxygen atoms in total. The van der Waals surface area contributed by atoms with Crippen LogP contribution >= 0.6 is 11.6 Å². The monoisotopic (exact) mass is 211 g/mol. The molecule has 0 amide bonds. The first-order chi connectivity index (χ1) is 6.76. The molecule has 0 bridgehead atoms. The number of hydrogen-bond acceptors (Lipinski definition) is 3. The third-order valence-electron chi connectivity index (χ3n) is 1.71. The topological polar surface area (TPSA) is 37.8 Å². The second kappa shape index (κ2) is 5.60. The van der Waals surface area contributed by atoms with Crippen LogP contribution in [0.2, 0.25) is 5.15 Å². The van der Waals surface area contributed by atoms with Crippen molar-refractivity contribution in [1.82, 2.24) is 9.97 Å². The Kier molecular flexibility index (Phi) is 4.40. The first-order valence-electron chi connectivity index (χ1n) is 4.64. The lowest BCUT2D eigenvalue weighted by molar-refractivity contribution is 0.930. The second-order valence-corrected chi connectivity index (χ2v) is 3.24. The molecule has 0 aliphatic heterocycles. The first kappa shape index (κ1) is 11.0. The van der Waals surface area contributed by atoms with Gasteiger partial charge < -0.3 is 5.32 Å². The second-order valence-electron chi connectivity index (χ2n) is 2.85. The minimum atomic E-state index is 0.484. The van der Waals surface area contributed by atoms with Gasteiger partial charge in [-0.25, -0.2) is 9.97 Å². The van der Waals surface area contributed by atoms with Crippen LogP contribution in [-0.4, -0.2) is 16.5 Å². The SMILES string of the molecule is C=CCCNc1cc(Cl)nc(CC)n1. The van der Waals surface area contributed by atoms with E-state index in [1.54, 1.807) is 6.07 Å². The van der Waals surface area contributed by atoms with E-state index in [2.05, 4.69) is 21.9 Å². The molecule has 1 N–H and O–H groups in total. The zero-order valence-corrected chi connectivity index (χ0v) is 9.01. The van der Waals surface area contributed by atoms with Crippen LogP contribution in [0.3, 0.4) is 0 Å². The van der Waals surface area contributed by atoms with Gasteiger partial charge in [-0.15, -0.1) is 6.58 Å². The summed E-state index contributed by atoms with van der Waals surface area (Å²) in [5.74, 6) is 1.54. The van der Waals surface area contributed by atoms with Crippen molar-refractivity contribution in [2.45, 2.75) is 19.8 Å². The Morgan fingerprint density at radius 2 is 2.36 bits per heavy atom. The molecule has 76 valence electrons. The van der Waals surface area contributed by atoms with Gasteiger partial charge in [-0.05, 0) is 6.42 Å². The number of aromatic nitrogens is 2. The third kappa shape index (κ3) is 3.34. The van der Waals surface area contributed by atoms with Gasteiger partial charge in [0, 0.05) is 19.0 Å². The fourth-order valence-corrected chi connectivity index (χ4v) is 1.22. The molecule has 0 saturated heterocycles. The Hall–Kier alpha value is -1.09. The van der Waals surface area contributed by atoms with Gasteiger partial charge in [0.15, 0.2) is 0 Å². The number of aryl methyl sites for hydroxylation is 1. The Morgan fingerprint density at radius 3 is 3.00 bits per heavy atom. The highest BCUT2D eigenvalue weighted by atomic mass is 35.5. The lowest BCUT2D eigenvalue weighted by Gasteiger charge is -2.05. The number of halogens is 1. The average Bonchev–Trinajstić information content (AvgIpc) is 2.17. The fraction of sp³-hybridized carbons (Fsp3) is 0.400. The molecule has 14 heavy (non-hydrogen) atoms. The first-order valence-corrected chi connectivity index (χ1v) is 5.02.